The van der Waals surface area contributed by atoms with Crippen LogP contribution >= 0.6 is 0 Å². The average molecular weight is 407 g/mol. The van der Waals surface area contributed by atoms with Crippen LogP contribution in [0.25, 0.3) is 0 Å². The van der Waals surface area contributed by atoms with Crippen molar-refractivity contribution in [2.24, 2.45) is 0 Å². The summed E-state index contributed by atoms with van der Waals surface area (Å²) in [5, 5.41) is 0. The molecule has 0 saturated carbocycles. The third kappa shape index (κ3) is 14.9. The van der Waals surface area contributed by atoms with Crippen LogP contribution in [0.3, 0.4) is 0 Å². The molecule has 1 aliphatic heterocycles. The zero-order valence-corrected chi connectivity index (χ0v) is 20.5. The second-order valence-electron chi connectivity index (χ2n) is 9.62. The van der Waals surface area contributed by atoms with Crippen molar-refractivity contribution in [1.82, 2.24) is 9.80 Å². The fourth-order valence-electron chi connectivity index (χ4n) is 4.69. The van der Waals surface area contributed by atoms with Crippen molar-refractivity contribution in [1.29, 1.82) is 0 Å². The Kier molecular flexibility index (Phi) is 17.6. The summed E-state index contributed by atoms with van der Waals surface area (Å²) in [6, 6.07) is 0. The first-order chi connectivity index (χ1) is 14.3. The lowest BCUT2D eigenvalue weighted by Gasteiger charge is -2.27. The summed E-state index contributed by atoms with van der Waals surface area (Å²) >= 11 is 0. The Balaban J connectivity index is 1.68. The Morgan fingerprint density at radius 3 is 1.03 bits per heavy atom. The number of nitrogens with zero attached hydrogens (tertiary/aromatic N) is 2. The van der Waals surface area contributed by atoms with Gasteiger partial charge in [0.05, 0.1) is 0 Å². The molecule has 1 rings (SSSR count). The third-order valence-electron chi connectivity index (χ3n) is 6.79. The first-order valence-corrected chi connectivity index (χ1v) is 13.4. The second-order valence-corrected chi connectivity index (χ2v) is 9.62. The van der Waals surface area contributed by atoms with Gasteiger partial charge >= 0.3 is 0 Å². The molecule has 0 N–H and O–H groups in total. The average Bonchev–Trinajstić information content (AvgIpc) is 3.04. The van der Waals surface area contributed by atoms with Gasteiger partial charge < -0.3 is 9.80 Å². The first kappa shape index (κ1) is 26.4. The van der Waals surface area contributed by atoms with Gasteiger partial charge in [-0.1, -0.05) is 129 Å². The van der Waals surface area contributed by atoms with Crippen LogP contribution in [-0.2, 0) is 0 Å². The van der Waals surface area contributed by atoms with E-state index in [4.69, 9.17) is 0 Å². The van der Waals surface area contributed by atoms with Crippen LogP contribution in [0, 0.1) is 0 Å². The van der Waals surface area contributed by atoms with E-state index >= 15 is 0 Å². The lowest BCUT2D eigenvalue weighted by atomic mass is 10.0. The molecule has 0 bridgehead atoms. The van der Waals surface area contributed by atoms with Crippen molar-refractivity contribution in [2.45, 2.75) is 148 Å². The quantitative estimate of drug-likeness (QED) is 0.176. The van der Waals surface area contributed by atoms with E-state index in [1.807, 2.05) is 0 Å². The Bertz CT molecular complexity index is 354. The van der Waals surface area contributed by atoms with Gasteiger partial charge in [-0.3, -0.25) is 0 Å². The Hall–Kier alpha value is -0.660. The van der Waals surface area contributed by atoms with Crippen LogP contribution in [-0.4, -0.2) is 30.1 Å². The van der Waals surface area contributed by atoms with E-state index in [0.29, 0.717) is 6.17 Å². The van der Waals surface area contributed by atoms with Crippen molar-refractivity contribution in [3.8, 4) is 0 Å². The highest BCUT2D eigenvalue weighted by Crippen LogP contribution is 2.19. The molecular formula is C27H54N2. The standard InChI is InChI=1S/C27H54N2/c1-4-5-6-7-8-9-10-11-12-13-14-15-16-17-18-19-20-21-22-23-24-27-28(2)25-26-29(27)3/h25-27H,4-24H2,1-3H3. The SMILES string of the molecule is CCCCCCCCCCCCCCCCCCCCCCC1N(C)C=CN1C. The van der Waals surface area contributed by atoms with Crippen LogP contribution in [0.1, 0.15) is 142 Å². The predicted molar refractivity (Wildman–Crippen MR) is 131 cm³/mol. The molecule has 0 radical (unpaired) electrons. The highest BCUT2D eigenvalue weighted by molar-refractivity contribution is 4.93. The zero-order chi connectivity index (χ0) is 21.0. The lowest BCUT2D eigenvalue weighted by Crippen LogP contribution is -2.33. The van der Waals surface area contributed by atoms with E-state index < -0.39 is 0 Å². The minimum atomic E-state index is 0.602. The summed E-state index contributed by atoms with van der Waals surface area (Å²) in [5.41, 5.74) is 0. The topological polar surface area (TPSA) is 6.48 Å². The molecule has 29 heavy (non-hydrogen) atoms. The van der Waals surface area contributed by atoms with E-state index in [1.54, 1.807) is 0 Å². The molecule has 0 aromatic rings. The van der Waals surface area contributed by atoms with Crippen LogP contribution in [0.2, 0.25) is 0 Å². The maximum absolute atomic E-state index is 2.34. The van der Waals surface area contributed by atoms with Gasteiger partial charge in [0, 0.05) is 26.5 Å². The Morgan fingerprint density at radius 2 is 0.724 bits per heavy atom. The normalized spacial score (nSPS) is 14.4. The summed E-state index contributed by atoms with van der Waals surface area (Å²) in [6.45, 7) is 2.30. The molecule has 0 fully saturated rings. The number of hydrogen-bond donors (Lipinski definition) is 0. The first-order valence-electron chi connectivity index (χ1n) is 13.4. The molecule has 0 aromatic heterocycles. The molecule has 0 saturated heterocycles. The second kappa shape index (κ2) is 19.3. The lowest BCUT2D eigenvalue weighted by molar-refractivity contribution is 0.188. The summed E-state index contributed by atoms with van der Waals surface area (Å²) in [5.74, 6) is 0. The smallest absolute Gasteiger partial charge is 0.100 e. The van der Waals surface area contributed by atoms with Crippen molar-refractivity contribution in [3.63, 3.8) is 0 Å². The molecule has 0 spiro atoms. The number of rotatable bonds is 21. The fourth-order valence-corrected chi connectivity index (χ4v) is 4.69. The fraction of sp³-hybridized carbons (Fsp3) is 0.926. The van der Waals surface area contributed by atoms with Crippen molar-refractivity contribution in [2.75, 3.05) is 14.1 Å². The largest absolute Gasteiger partial charge is 0.359 e. The van der Waals surface area contributed by atoms with E-state index in [-0.39, 0.29) is 0 Å². The third-order valence-corrected chi connectivity index (χ3v) is 6.79. The van der Waals surface area contributed by atoms with Gasteiger partial charge in [0.1, 0.15) is 6.17 Å². The van der Waals surface area contributed by atoms with E-state index in [1.165, 1.54) is 135 Å². The zero-order valence-electron chi connectivity index (χ0n) is 20.5. The van der Waals surface area contributed by atoms with Crippen molar-refractivity contribution < 1.29 is 0 Å². The van der Waals surface area contributed by atoms with Crippen LogP contribution in [0.4, 0.5) is 0 Å². The maximum atomic E-state index is 2.34. The predicted octanol–water partition coefficient (Wildman–Crippen LogP) is 8.87. The van der Waals surface area contributed by atoms with Crippen molar-refractivity contribution >= 4 is 0 Å². The summed E-state index contributed by atoms with van der Waals surface area (Å²) in [4.78, 5) is 4.69. The molecule has 0 amide bonds. The monoisotopic (exact) mass is 406 g/mol. The van der Waals surface area contributed by atoms with Gasteiger partial charge in [-0.15, -0.1) is 0 Å². The molecule has 1 heterocycles. The van der Waals surface area contributed by atoms with Gasteiger partial charge in [0.15, 0.2) is 0 Å². The van der Waals surface area contributed by atoms with Gasteiger partial charge in [0.25, 0.3) is 0 Å². The Morgan fingerprint density at radius 1 is 0.448 bits per heavy atom. The molecule has 0 atom stereocenters. The van der Waals surface area contributed by atoms with E-state index in [2.05, 4.69) is 43.2 Å². The highest BCUT2D eigenvalue weighted by atomic mass is 15.4. The summed E-state index contributed by atoms with van der Waals surface area (Å²) in [7, 11) is 4.39. The molecular weight excluding hydrogens is 352 g/mol. The molecule has 0 aliphatic carbocycles. The maximum Gasteiger partial charge on any atom is 0.100 e. The Labute approximate surface area is 184 Å². The molecule has 0 aromatic carbocycles. The van der Waals surface area contributed by atoms with Gasteiger partial charge in [0.2, 0.25) is 0 Å². The van der Waals surface area contributed by atoms with E-state index in [9.17, 15) is 0 Å². The summed E-state index contributed by atoms with van der Waals surface area (Å²) < 4.78 is 0. The number of unbranched alkanes of at least 4 members (excludes halogenated alkanes) is 19. The van der Waals surface area contributed by atoms with Gasteiger partial charge in [-0.2, -0.15) is 0 Å². The highest BCUT2D eigenvalue weighted by Gasteiger charge is 2.19. The molecule has 0 unspecified atom stereocenters. The minimum Gasteiger partial charge on any atom is -0.359 e. The van der Waals surface area contributed by atoms with Crippen LogP contribution in [0.5, 0.6) is 0 Å². The molecule has 1 aliphatic rings. The minimum absolute atomic E-state index is 0.602. The van der Waals surface area contributed by atoms with Gasteiger partial charge in [-0.05, 0) is 12.8 Å². The molecule has 2 nitrogen and oxygen atoms in total. The van der Waals surface area contributed by atoms with Crippen LogP contribution < -0.4 is 0 Å². The van der Waals surface area contributed by atoms with Crippen molar-refractivity contribution in [3.05, 3.63) is 12.4 Å². The van der Waals surface area contributed by atoms with Crippen LogP contribution in [0.15, 0.2) is 12.4 Å². The van der Waals surface area contributed by atoms with Gasteiger partial charge in [-0.25, -0.2) is 0 Å². The van der Waals surface area contributed by atoms with E-state index in [0.717, 1.165) is 0 Å². The molecule has 2 heteroatoms. The molecule has 172 valence electrons. The summed E-state index contributed by atoms with van der Waals surface area (Å²) in [6.07, 6.45) is 35.5. The number of hydrogen-bond acceptors (Lipinski definition) is 2.